The third-order valence-corrected chi connectivity index (χ3v) is 3.71. The van der Waals surface area contributed by atoms with E-state index < -0.39 is 11.9 Å². The Morgan fingerprint density at radius 3 is 2.48 bits per heavy atom. The Morgan fingerprint density at radius 2 is 1.81 bits per heavy atom. The Bertz CT molecular complexity index is 631. The van der Waals surface area contributed by atoms with E-state index in [-0.39, 0.29) is 5.75 Å². The van der Waals surface area contributed by atoms with Gasteiger partial charge in [0.15, 0.2) is 11.6 Å². The second-order valence-electron chi connectivity index (χ2n) is 4.57. The zero-order valence-corrected chi connectivity index (χ0v) is 13.4. The van der Waals surface area contributed by atoms with E-state index in [0.29, 0.717) is 17.7 Å². The number of benzene rings is 2. The molecule has 0 fully saturated rings. The van der Waals surface area contributed by atoms with Crippen LogP contribution in [0, 0.1) is 5.82 Å². The standard InChI is InChI=1S/C16H16BrFO3/c1-20-15-6-4-12(17)7-11(15)8-14(19)10-3-5-13(18)16(9-10)21-2/h3-7,9,14,19H,8H2,1-2H3. The quantitative estimate of drug-likeness (QED) is 0.885. The first-order valence-electron chi connectivity index (χ1n) is 6.39. The zero-order valence-electron chi connectivity index (χ0n) is 11.8. The minimum absolute atomic E-state index is 0.118. The van der Waals surface area contributed by atoms with Crippen LogP contribution in [0.15, 0.2) is 40.9 Å². The molecule has 2 aromatic rings. The number of methoxy groups -OCH3 is 2. The average molecular weight is 355 g/mol. The van der Waals surface area contributed by atoms with Crippen LogP contribution in [0.1, 0.15) is 17.2 Å². The number of hydrogen-bond donors (Lipinski definition) is 1. The molecule has 1 N–H and O–H groups in total. The first-order valence-corrected chi connectivity index (χ1v) is 7.18. The summed E-state index contributed by atoms with van der Waals surface area (Å²) in [5, 5.41) is 10.3. The lowest BCUT2D eigenvalue weighted by Gasteiger charge is -2.15. The van der Waals surface area contributed by atoms with E-state index in [1.165, 1.54) is 19.2 Å². The van der Waals surface area contributed by atoms with Gasteiger partial charge in [-0.05, 0) is 41.5 Å². The molecule has 0 aliphatic carbocycles. The van der Waals surface area contributed by atoms with Gasteiger partial charge in [-0.15, -0.1) is 0 Å². The molecule has 112 valence electrons. The fourth-order valence-corrected chi connectivity index (χ4v) is 2.52. The van der Waals surface area contributed by atoms with Crippen LogP contribution >= 0.6 is 15.9 Å². The fraction of sp³-hybridized carbons (Fsp3) is 0.250. The van der Waals surface area contributed by atoms with Gasteiger partial charge in [-0.1, -0.05) is 22.0 Å². The number of aliphatic hydroxyl groups excluding tert-OH is 1. The molecule has 0 bridgehead atoms. The summed E-state index contributed by atoms with van der Waals surface area (Å²) in [4.78, 5) is 0. The van der Waals surface area contributed by atoms with Crippen molar-refractivity contribution >= 4 is 15.9 Å². The first-order chi connectivity index (χ1) is 10.0. The molecular weight excluding hydrogens is 339 g/mol. The molecule has 0 radical (unpaired) electrons. The van der Waals surface area contributed by atoms with Crippen LogP contribution in [0.4, 0.5) is 4.39 Å². The Hall–Kier alpha value is -1.59. The Morgan fingerprint density at radius 1 is 1.10 bits per heavy atom. The van der Waals surface area contributed by atoms with Crippen LogP contribution in [0.5, 0.6) is 11.5 Å². The van der Waals surface area contributed by atoms with Crippen molar-refractivity contribution in [1.82, 2.24) is 0 Å². The molecule has 0 heterocycles. The van der Waals surface area contributed by atoms with Crippen LogP contribution in [0.2, 0.25) is 0 Å². The molecule has 21 heavy (non-hydrogen) atoms. The number of aliphatic hydroxyl groups is 1. The number of halogens is 2. The van der Waals surface area contributed by atoms with Crippen LogP contribution in [-0.2, 0) is 6.42 Å². The third kappa shape index (κ3) is 3.74. The van der Waals surface area contributed by atoms with Gasteiger partial charge in [-0.25, -0.2) is 4.39 Å². The largest absolute Gasteiger partial charge is 0.496 e. The minimum Gasteiger partial charge on any atom is -0.496 e. The van der Waals surface area contributed by atoms with Gasteiger partial charge in [0.25, 0.3) is 0 Å². The minimum atomic E-state index is -0.775. The van der Waals surface area contributed by atoms with Gasteiger partial charge in [0, 0.05) is 10.9 Å². The molecule has 0 amide bonds. The van der Waals surface area contributed by atoms with E-state index in [0.717, 1.165) is 10.0 Å². The normalized spacial score (nSPS) is 12.0. The molecule has 0 spiro atoms. The van der Waals surface area contributed by atoms with E-state index in [1.54, 1.807) is 13.2 Å². The number of ether oxygens (including phenoxy) is 2. The monoisotopic (exact) mass is 354 g/mol. The topological polar surface area (TPSA) is 38.7 Å². The lowest BCUT2D eigenvalue weighted by Crippen LogP contribution is -2.04. The Labute approximate surface area is 131 Å². The molecule has 0 saturated heterocycles. The van der Waals surface area contributed by atoms with Crippen molar-refractivity contribution in [1.29, 1.82) is 0 Å². The van der Waals surface area contributed by atoms with Gasteiger partial charge in [-0.2, -0.15) is 0 Å². The first kappa shape index (κ1) is 15.8. The van der Waals surface area contributed by atoms with Gasteiger partial charge >= 0.3 is 0 Å². The molecule has 0 aliphatic heterocycles. The highest BCUT2D eigenvalue weighted by molar-refractivity contribution is 9.10. The van der Waals surface area contributed by atoms with Gasteiger partial charge in [0.1, 0.15) is 5.75 Å². The molecule has 0 aromatic heterocycles. The van der Waals surface area contributed by atoms with Crippen molar-refractivity contribution < 1.29 is 19.0 Å². The maximum absolute atomic E-state index is 13.4. The van der Waals surface area contributed by atoms with Crippen LogP contribution in [0.3, 0.4) is 0 Å². The van der Waals surface area contributed by atoms with Crippen molar-refractivity contribution in [2.24, 2.45) is 0 Å². The second-order valence-corrected chi connectivity index (χ2v) is 5.49. The average Bonchev–Trinajstić information content (AvgIpc) is 2.48. The molecule has 5 heteroatoms. The molecule has 0 aliphatic rings. The van der Waals surface area contributed by atoms with E-state index in [2.05, 4.69) is 15.9 Å². The molecule has 0 saturated carbocycles. The SMILES string of the molecule is COc1cc(C(O)Cc2cc(Br)ccc2OC)ccc1F. The highest BCUT2D eigenvalue weighted by atomic mass is 79.9. The van der Waals surface area contributed by atoms with Crippen LogP contribution in [-0.4, -0.2) is 19.3 Å². The molecule has 2 aromatic carbocycles. The summed E-state index contributed by atoms with van der Waals surface area (Å²) in [6.07, 6.45) is -0.417. The third-order valence-electron chi connectivity index (χ3n) is 3.22. The summed E-state index contributed by atoms with van der Waals surface area (Å²) >= 11 is 3.40. The van der Waals surface area contributed by atoms with Crippen molar-refractivity contribution in [2.75, 3.05) is 14.2 Å². The fourth-order valence-electron chi connectivity index (χ4n) is 2.12. The number of hydrogen-bond acceptors (Lipinski definition) is 3. The van der Waals surface area contributed by atoms with Gasteiger partial charge in [-0.3, -0.25) is 0 Å². The predicted molar refractivity (Wildman–Crippen MR) is 82.3 cm³/mol. The van der Waals surface area contributed by atoms with Crippen molar-refractivity contribution in [3.8, 4) is 11.5 Å². The van der Waals surface area contributed by atoms with Gasteiger partial charge in [0.2, 0.25) is 0 Å². The summed E-state index contributed by atoms with van der Waals surface area (Å²) in [7, 11) is 2.98. The van der Waals surface area contributed by atoms with Crippen molar-refractivity contribution in [2.45, 2.75) is 12.5 Å². The molecule has 2 rings (SSSR count). The zero-order chi connectivity index (χ0) is 15.4. The van der Waals surface area contributed by atoms with Crippen LogP contribution < -0.4 is 9.47 Å². The smallest absolute Gasteiger partial charge is 0.165 e. The summed E-state index contributed by atoms with van der Waals surface area (Å²) in [6.45, 7) is 0. The molecule has 1 atom stereocenters. The lowest BCUT2D eigenvalue weighted by molar-refractivity contribution is 0.176. The van der Waals surface area contributed by atoms with E-state index in [9.17, 15) is 9.50 Å². The second kappa shape index (κ2) is 6.91. The highest BCUT2D eigenvalue weighted by Gasteiger charge is 2.14. The maximum atomic E-state index is 13.4. The summed E-state index contributed by atoms with van der Waals surface area (Å²) in [5.41, 5.74) is 1.46. The Kier molecular flexibility index (Phi) is 5.20. The molecular formula is C16H16BrFO3. The van der Waals surface area contributed by atoms with Crippen molar-refractivity contribution in [3.05, 3.63) is 57.8 Å². The predicted octanol–water partition coefficient (Wildman–Crippen LogP) is 3.88. The summed E-state index contributed by atoms with van der Waals surface area (Å²) in [5.74, 6) is 0.368. The van der Waals surface area contributed by atoms with Crippen LogP contribution in [0.25, 0.3) is 0 Å². The summed E-state index contributed by atoms with van der Waals surface area (Å²) in [6, 6.07) is 9.93. The highest BCUT2D eigenvalue weighted by Crippen LogP contribution is 2.29. The summed E-state index contributed by atoms with van der Waals surface area (Å²) < 4.78 is 24.5. The Balaban J connectivity index is 2.25. The van der Waals surface area contributed by atoms with Gasteiger partial charge in [0.05, 0.1) is 20.3 Å². The maximum Gasteiger partial charge on any atom is 0.165 e. The van der Waals surface area contributed by atoms with Crippen molar-refractivity contribution in [3.63, 3.8) is 0 Å². The van der Waals surface area contributed by atoms with E-state index in [1.807, 2.05) is 18.2 Å². The van der Waals surface area contributed by atoms with E-state index >= 15 is 0 Å². The lowest BCUT2D eigenvalue weighted by atomic mass is 10.0. The molecule has 1 unspecified atom stereocenters. The van der Waals surface area contributed by atoms with E-state index in [4.69, 9.17) is 9.47 Å². The molecule has 3 nitrogen and oxygen atoms in total. The van der Waals surface area contributed by atoms with Gasteiger partial charge < -0.3 is 14.6 Å². The number of rotatable bonds is 5.